The molecule has 4 heteroatoms. The lowest BCUT2D eigenvalue weighted by atomic mass is 10.0. The van der Waals surface area contributed by atoms with Crippen LogP contribution in [0.5, 0.6) is 0 Å². The Labute approximate surface area is 94.8 Å². The van der Waals surface area contributed by atoms with E-state index in [2.05, 4.69) is 15.5 Å². The Hall–Kier alpha value is -0.900. The average molecular weight is 219 g/mol. The molecule has 1 aliphatic heterocycles. The lowest BCUT2D eigenvalue weighted by molar-refractivity contribution is 0.369. The van der Waals surface area contributed by atoms with Gasteiger partial charge in [-0.1, -0.05) is 5.16 Å². The van der Waals surface area contributed by atoms with Crippen LogP contribution in [0.2, 0.25) is 0 Å². The summed E-state index contributed by atoms with van der Waals surface area (Å²) in [6.45, 7) is 2.38. The Balaban J connectivity index is 1.52. The first-order valence-corrected chi connectivity index (χ1v) is 6.44. The monoisotopic (exact) mass is 219 g/mol. The van der Waals surface area contributed by atoms with Crippen LogP contribution in [-0.2, 0) is 0 Å². The maximum absolute atomic E-state index is 5.35. The zero-order valence-electron chi connectivity index (χ0n) is 9.35. The fourth-order valence-corrected chi connectivity index (χ4v) is 3.29. The molecule has 4 nitrogen and oxygen atoms in total. The van der Waals surface area contributed by atoms with Gasteiger partial charge < -0.3 is 9.84 Å². The molecule has 1 aromatic heterocycles. The molecule has 2 saturated carbocycles. The topological polar surface area (TPSA) is 51.0 Å². The SMILES string of the molecule is C1CC1c1nc([C@H]2C[C@H]3CNC[C@H]3C2)no1. The van der Waals surface area contributed by atoms with Crippen LogP contribution in [0.3, 0.4) is 0 Å². The van der Waals surface area contributed by atoms with Gasteiger partial charge in [0.15, 0.2) is 5.82 Å². The highest BCUT2D eigenvalue weighted by molar-refractivity contribution is 5.08. The third-order valence-corrected chi connectivity index (χ3v) is 4.40. The van der Waals surface area contributed by atoms with Gasteiger partial charge in [0.2, 0.25) is 5.89 Å². The molecule has 0 spiro atoms. The van der Waals surface area contributed by atoms with Gasteiger partial charge in [-0.15, -0.1) is 0 Å². The number of hydrogen-bond acceptors (Lipinski definition) is 4. The van der Waals surface area contributed by atoms with Crippen LogP contribution in [-0.4, -0.2) is 23.2 Å². The Morgan fingerprint density at radius 2 is 1.81 bits per heavy atom. The van der Waals surface area contributed by atoms with Crippen molar-refractivity contribution in [3.8, 4) is 0 Å². The molecule has 16 heavy (non-hydrogen) atoms. The Bertz CT molecular complexity index is 387. The summed E-state index contributed by atoms with van der Waals surface area (Å²) in [6.07, 6.45) is 4.98. The molecule has 0 aromatic carbocycles. The van der Waals surface area contributed by atoms with Gasteiger partial charge in [-0.05, 0) is 50.6 Å². The highest BCUT2D eigenvalue weighted by Gasteiger charge is 2.40. The fraction of sp³-hybridized carbons (Fsp3) is 0.833. The van der Waals surface area contributed by atoms with Gasteiger partial charge >= 0.3 is 0 Å². The Morgan fingerprint density at radius 3 is 2.50 bits per heavy atom. The summed E-state index contributed by atoms with van der Waals surface area (Å²) in [7, 11) is 0. The molecule has 0 unspecified atom stereocenters. The van der Waals surface area contributed by atoms with E-state index in [-0.39, 0.29) is 0 Å². The molecule has 3 atom stereocenters. The number of rotatable bonds is 2. The van der Waals surface area contributed by atoms with Crippen LogP contribution >= 0.6 is 0 Å². The third-order valence-electron chi connectivity index (χ3n) is 4.40. The standard InChI is InChI=1S/C12H17N3O/c1-2-7(1)12-14-11(15-16-12)8-3-9-5-13-6-10(9)4-8/h7-10,13H,1-6H2/t8-,9-,10+. The number of nitrogens with zero attached hydrogens (tertiary/aromatic N) is 2. The van der Waals surface area contributed by atoms with Gasteiger partial charge in [-0.3, -0.25) is 0 Å². The van der Waals surface area contributed by atoms with E-state index in [0.717, 1.165) is 23.6 Å². The summed E-state index contributed by atoms with van der Waals surface area (Å²) in [5.41, 5.74) is 0. The molecule has 0 bridgehead atoms. The van der Waals surface area contributed by atoms with E-state index in [1.165, 1.54) is 38.8 Å². The Morgan fingerprint density at radius 1 is 1.06 bits per heavy atom. The van der Waals surface area contributed by atoms with Crippen molar-refractivity contribution in [2.75, 3.05) is 13.1 Å². The van der Waals surface area contributed by atoms with E-state index in [1.807, 2.05) is 0 Å². The summed E-state index contributed by atoms with van der Waals surface area (Å²) in [6, 6.07) is 0. The molecule has 2 aliphatic carbocycles. The number of nitrogens with one attached hydrogen (secondary N) is 1. The normalized spacial score (nSPS) is 37.9. The predicted octanol–water partition coefficient (Wildman–Crippen LogP) is 1.66. The zero-order chi connectivity index (χ0) is 10.5. The van der Waals surface area contributed by atoms with Crippen LogP contribution in [0.4, 0.5) is 0 Å². The number of aromatic nitrogens is 2. The predicted molar refractivity (Wildman–Crippen MR) is 58.1 cm³/mol. The van der Waals surface area contributed by atoms with Crippen molar-refractivity contribution in [2.24, 2.45) is 11.8 Å². The molecular formula is C12H17N3O. The summed E-state index contributed by atoms with van der Waals surface area (Å²) >= 11 is 0. The Kier molecular flexibility index (Phi) is 1.89. The highest BCUT2D eigenvalue weighted by atomic mass is 16.5. The van der Waals surface area contributed by atoms with Crippen molar-refractivity contribution in [2.45, 2.75) is 37.5 Å². The van der Waals surface area contributed by atoms with Gasteiger partial charge in [0.05, 0.1) is 0 Å². The molecule has 3 fully saturated rings. The second-order valence-corrected chi connectivity index (χ2v) is 5.61. The molecule has 2 heterocycles. The second kappa shape index (κ2) is 3.29. The van der Waals surface area contributed by atoms with Crippen molar-refractivity contribution in [1.82, 2.24) is 15.5 Å². The van der Waals surface area contributed by atoms with E-state index >= 15 is 0 Å². The molecule has 86 valence electrons. The van der Waals surface area contributed by atoms with Gasteiger partial charge in [0, 0.05) is 11.8 Å². The van der Waals surface area contributed by atoms with Crippen molar-refractivity contribution >= 4 is 0 Å². The minimum absolute atomic E-state index is 0.563. The van der Waals surface area contributed by atoms with Gasteiger partial charge in [-0.25, -0.2) is 0 Å². The fourth-order valence-electron chi connectivity index (χ4n) is 3.29. The maximum atomic E-state index is 5.35. The molecule has 1 N–H and O–H groups in total. The number of fused-ring (bicyclic) bond motifs is 1. The smallest absolute Gasteiger partial charge is 0.229 e. The number of hydrogen-bond donors (Lipinski definition) is 1. The van der Waals surface area contributed by atoms with Gasteiger partial charge in [-0.2, -0.15) is 4.98 Å². The molecule has 1 aromatic rings. The first-order valence-electron chi connectivity index (χ1n) is 6.44. The van der Waals surface area contributed by atoms with Gasteiger partial charge in [0.1, 0.15) is 0 Å². The molecule has 4 rings (SSSR count). The van der Waals surface area contributed by atoms with E-state index in [1.54, 1.807) is 0 Å². The second-order valence-electron chi connectivity index (χ2n) is 5.61. The first kappa shape index (κ1) is 9.16. The van der Waals surface area contributed by atoms with E-state index in [9.17, 15) is 0 Å². The lowest BCUT2D eigenvalue weighted by Crippen LogP contribution is -2.11. The van der Waals surface area contributed by atoms with E-state index in [4.69, 9.17) is 4.52 Å². The van der Waals surface area contributed by atoms with Crippen molar-refractivity contribution < 1.29 is 4.52 Å². The molecular weight excluding hydrogens is 202 g/mol. The van der Waals surface area contributed by atoms with Crippen LogP contribution in [0, 0.1) is 11.8 Å². The van der Waals surface area contributed by atoms with E-state index < -0.39 is 0 Å². The third kappa shape index (κ3) is 1.39. The zero-order valence-corrected chi connectivity index (χ0v) is 9.35. The summed E-state index contributed by atoms with van der Waals surface area (Å²) in [4.78, 5) is 4.58. The van der Waals surface area contributed by atoms with Crippen LogP contribution < -0.4 is 5.32 Å². The lowest BCUT2D eigenvalue weighted by Gasteiger charge is -2.04. The largest absolute Gasteiger partial charge is 0.339 e. The van der Waals surface area contributed by atoms with Gasteiger partial charge in [0.25, 0.3) is 0 Å². The average Bonchev–Trinajstić information content (AvgIpc) is 2.75. The quantitative estimate of drug-likeness (QED) is 0.822. The van der Waals surface area contributed by atoms with Crippen molar-refractivity contribution in [3.63, 3.8) is 0 Å². The summed E-state index contributed by atoms with van der Waals surface area (Å²) < 4.78 is 5.35. The van der Waals surface area contributed by atoms with Crippen LogP contribution in [0.1, 0.15) is 49.2 Å². The molecule has 0 radical (unpaired) electrons. The molecule has 1 saturated heterocycles. The maximum Gasteiger partial charge on any atom is 0.229 e. The van der Waals surface area contributed by atoms with Crippen LogP contribution in [0.25, 0.3) is 0 Å². The minimum Gasteiger partial charge on any atom is -0.339 e. The molecule has 0 amide bonds. The first-order chi connectivity index (χ1) is 7.90. The summed E-state index contributed by atoms with van der Waals surface area (Å²) in [5, 5.41) is 7.65. The summed E-state index contributed by atoms with van der Waals surface area (Å²) in [5.74, 6) is 4.74. The van der Waals surface area contributed by atoms with E-state index in [0.29, 0.717) is 11.8 Å². The highest BCUT2D eigenvalue weighted by Crippen LogP contribution is 2.44. The van der Waals surface area contributed by atoms with Crippen molar-refractivity contribution in [3.05, 3.63) is 11.7 Å². The van der Waals surface area contributed by atoms with Crippen LogP contribution in [0.15, 0.2) is 4.52 Å². The van der Waals surface area contributed by atoms with Crippen molar-refractivity contribution in [1.29, 1.82) is 0 Å². The minimum atomic E-state index is 0.563. The molecule has 3 aliphatic rings.